The molecule has 3 heteroatoms. The van der Waals surface area contributed by atoms with Crippen molar-refractivity contribution in [2.75, 3.05) is 5.75 Å². The summed E-state index contributed by atoms with van der Waals surface area (Å²) in [4.78, 5) is 4.75. The molecule has 0 saturated carbocycles. The van der Waals surface area contributed by atoms with Crippen LogP contribution in [0.2, 0.25) is 0 Å². The van der Waals surface area contributed by atoms with E-state index in [9.17, 15) is 0 Å². The van der Waals surface area contributed by atoms with Gasteiger partial charge in [-0.15, -0.1) is 0 Å². The number of hydrogen-bond donors (Lipinski definition) is 1. The first-order valence-electron chi connectivity index (χ1n) is 6.55. The molecule has 0 aromatic rings. The lowest BCUT2D eigenvalue weighted by atomic mass is 9.96. The first-order valence-corrected chi connectivity index (χ1v) is 7.54. The van der Waals surface area contributed by atoms with Crippen LogP contribution >= 0.6 is 11.8 Å². The van der Waals surface area contributed by atoms with Crippen LogP contribution in [0, 0.1) is 11.8 Å². The second kappa shape index (κ2) is 6.53. The summed E-state index contributed by atoms with van der Waals surface area (Å²) in [7, 11) is 0. The van der Waals surface area contributed by atoms with Crippen LogP contribution in [-0.4, -0.2) is 23.0 Å². The third kappa shape index (κ3) is 3.69. The van der Waals surface area contributed by atoms with E-state index in [0.29, 0.717) is 18.0 Å². The van der Waals surface area contributed by atoms with E-state index in [2.05, 4.69) is 39.9 Å². The SMILES string of the molecule is CCC(CC)C(C)NC1=N[C@@H](C(C)C)CS1. The molecule has 0 aliphatic carbocycles. The molecule has 0 aromatic heterocycles. The van der Waals surface area contributed by atoms with Gasteiger partial charge in [0.25, 0.3) is 0 Å². The molecule has 0 radical (unpaired) electrons. The van der Waals surface area contributed by atoms with E-state index < -0.39 is 0 Å². The zero-order valence-corrected chi connectivity index (χ0v) is 12.1. The topological polar surface area (TPSA) is 24.4 Å². The summed E-state index contributed by atoms with van der Waals surface area (Å²) in [6.45, 7) is 11.3. The molecule has 0 amide bonds. The number of nitrogens with zero attached hydrogens (tertiary/aromatic N) is 1. The Kier molecular flexibility index (Phi) is 5.67. The molecule has 2 atom stereocenters. The fourth-order valence-electron chi connectivity index (χ4n) is 2.12. The van der Waals surface area contributed by atoms with Crippen molar-refractivity contribution in [3.05, 3.63) is 0 Å². The Balaban J connectivity index is 2.46. The minimum Gasteiger partial charge on any atom is -0.362 e. The van der Waals surface area contributed by atoms with Crippen LogP contribution in [0.25, 0.3) is 0 Å². The predicted octanol–water partition coefficient (Wildman–Crippen LogP) is 3.53. The van der Waals surface area contributed by atoms with Gasteiger partial charge in [-0.25, -0.2) is 0 Å². The zero-order chi connectivity index (χ0) is 12.1. The second-order valence-corrected chi connectivity index (χ2v) is 6.07. The molecule has 1 rings (SSSR count). The lowest BCUT2D eigenvalue weighted by molar-refractivity contribution is 0.392. The molecule has 94 valence electrons. The number of rotatable bonds is 5. The van der Waals surface area contributed by atoms with Crippen molar-refractivity contribution < 1.29 is 0 Å². The van der Waals surface area contributed by atoms with Crippen molar-refractivity contribution >= 4 is 16.9 Å². The third-order valence-corrected chi connectivity index (χ3v) is 4.56. The van der Waals surface area contributed by atoms with Gasteiger partial charge >= 0.3 is 0 Å². The van der Waals surface area contributed by atoms with E-state index in [1.54, 1.807) is 0 Å². The molecule has 1 heterocycles. The van der Waals surface area contributed by atoms with Crippen molar-refractivity contribution in [3.8, 4) is 0 Å². The van der Waals surface area contributed by atoms with Crippen molar-refractivity contribution in [3.63, 3.8) is 0 Å². The first kappa shape index (κ1) is 13.9. The van der Waals surface area contributed by atoms with E-state index in [4.69, 9.17) is 4.99 Å². The van der Waals surface area contributed by atoms with E-state index in [1.165, 1.54) is 12.8 Å². The highest BCUT2D eigenvalue weighted by molar-refractivity contribution is 8.14. The van der Waals surface area contributed by atoms with Crippen LogP contribution in [0.4, 0.5) is 0 Å². The van der Waals surface area contributed by atoms with Crippen LogP contribution in [0.3, 0.4) is 0 Å². The van der Waals surface area contributed by atoms with Crippen molar-refractivity contribution in [2.45, 2.75) is 59.5 Å². The van der Waals surface area contributed by atoms with Crippen LogP contribution < -0.4 is 5.32 Å². The summed E-state index contributed by atoms with van der Waals surface area (Å²) in [5.41, 5.74) is 0. The summed E-state index contributed by atoms with van der Waals surface area (Å²) in [5, 5.41) is 4.74. The highest BCUT2D eigenvalue weighted by Crippen LogP contribution is 2.23. The van der Waals surface area contributed by atoms with Gasteiger partial charge in [0.1, 0.15) is 0 Å². The highest BCUT2D eigenvalue weighted by Gasteiger charge is 2.23. The fourth-order valence-corrected chi connectivity index (χ4v) is 3.39. The molecule has 0 aromatic carbocycles. The smallest absolute Gasteiger partial charge is 0.157 e. The average molecular weight is 242 g/mol. The van der Waals surface area contributed by atoms with Gasteiger partial charge in [-0.3, -0.25) is 4.99 Å². The molecule has 1 N–H and O–H groups in total. The normalized spacial score (nSPS) is 22.7. The summed E-state index contributed by atoms with van der Waals surface area (Å²) in [6, 6.07) is 1.06. The Morgan fingerprint density at radius 1 is 1.31 bits per heavy atom. The monoisotopic (exact) mass is 242 g/mol. The zero-order valence-electron chi connectivity index (χ0n) is 11.3. The molecule has 2 nitrogen and oxygen atoms in total. The summed E-state index contributed by atoms with van der Waals surface area (Å²) in [6.07, 6.45) is 2.49. The van der Waals surface area contributed by atoms with Crippen molar-refractivity contribution in [1.29, 1.82) is 0 Å². The molecular weight excluding hydrogens is 216 g/mol. The quantitative estimate of drug-likeness (QED) is 0.797. The minimum absolute atomic E-state index is 0.515. The van der Waals surface area contributed by atoms with Gasteiger partial charge in [0.2, 0.25) is 0 Å². The molecule has 1 aliphatic rings. The van der Waals surface area contributed by atoms with E-state index in [1.807, 2.05) is 11.8 Å². The maximum atomic E-state index is 4.75. The number of thioether (sulfide) groups is 1. The summed E-state index contributed by atoms with van der Waals surface area (Å²) in [5.74, 6) is 2.58. The molecule has 1 unspecified atom stereocenters. The molecule has 1 aliphatic heterocycles. The van der Waals surface area contributed by atoms with Gasteiger partial charge in [-0.05, 0) is 18.8 Å². The Bertz CT molecular complexity index is 234. The number of amidine groups is 1. The summed E-state index contributed by atoms with van der Waals surface area (Å²) < 4.78 is 0. The van der Waals surface area contributed by atoms with Crippen LogP contribution in [-0.2, 0) is 0 Å². The largest absolute Gasteiger partial charge is 0.362 e. The van der Waals surface area contributed by atoms with Gasteiger partial charge in [0.05, 0.1) is 6.04 Å². The Labute approximate surface area is 105 Å². The maximum absolute atomic E-state index is 4.75. The number of nitrogens with one attached hydrogen (secondary N) is 1. The van der Waals surface area contributed by atoms with Crippen molar-refractivity contribution in [2.24, 2.45) is 16.8 Å². The highest BCUT2D eigenvalue weighted by atomic mass is 32.2. The fraction of sp³-hybridized carbons (Fsp3) is 0.923. The average Bonchev–Trinajstić information content (AvgIpc) is 2.68. The van der Waals surface area contributed by atoms with E-state index >= 15 is 0 Å². The van der Waals surface area contributed by atoms with Gasteiger partial charge in [0.15, 0.2) is 5.17 Å². The van der Waals surface area contributed by atoms with Crippen molar-refractivity contribution in [1.82, 2.24) is 5.32 Å². The number of aliphatic imine (C=N–C) groups is 1. The standard InChI is InChI=1S/C13H26N2S/c1-6-11(7-2)10(5)14-13-15-12(8-16-13)9(3)4/h9-12H,6-8H2,1-5H3,(H,14,15)/t10?,12-/m1/s1. The van der Waals surface area contributed by atoms with Crippen LogP contribution in [0.1, 0.15) is 47.5 Å². The lowest BCUT2D eigenvalue weighted by Crippen LogP contribution is -2.35. The molecule has 0 fully saturated rings. The molecule has 0 bridgehead atoms. The lowest BCUT2D eigenvalue weighted by Gasteiger charge is -2.22. The van der Waals surface area contributed by atoms with Crippen LogP contribution in [0.5, 0.6) is 0 Å². The number of hydrogen-bond acceptors (Lipinski definition) is 3. The Morgan fingerprint density at radius 3 is 2.38 bits per heavy atom. The van der Waals surface area contributed by atoms with Gasteiger partial charge in [-0.1, -0.05) is 52.3 Å². The molecule has 16 heavy (non-hydrogen) atoms. The summed E-state index contributed by atoms with van der Waals surface area (Å²) >= 11 is 1.88. The van der Waals surface area contributed by atoms with E-state index in [-0.39, 0.29) is 0 Å². The Hall–Kier alpha value is -0.180. The van der Waals surface area contributed by atoms with Crippen LogP contribution in [0.15, 0.2) is 4.99 Å². The molecule has 0 saturated heterocycles. The van der Waals surface area contributed by atoms with Gasteiger partial charge in [0, 0.05) is 11.8 Å². The maximum Gasteiger partial charge on any atom is 0.157 e. The predicted molar refractivity (Wildman–Crippen MR) is 75.2 cm³/mol. The first-order chi connectivity index (χ1) is 7.58. The third-order valence-electron chi connectivity index (χ3n) is 3.55. The molecular formula is C13H26N2S. The van der Waals surface area contributed by atoms with Gasteiger partial charge in [-0.2, -0.15) is 0 Å². The minimum atomic E-state index is 0.515. The second-order valence-electron chi connectivity index (χ2n) is 5.07. The van der Waals surface area contributed by atoms with Gasteiger partial charge < -0.3 is 5.32 Å². The molecule has 0 spiro atoms. The Morgan fingerprint density at radius 2 is 1.94 bits per heavy atom. The van der Waals surface area contributed by atoms with E-state index in [0.717, 1.165) is 16.8 Å².